The highest BCUT2D eigenvalue weighted by atomic mass is 32.2. The summed E-state index contributed by atoms with van der Waals surface area (Å²) in [5, 5.41) is 39.0. The molecule has 0 spiro atoms. The van der Waals surface area contributed by atoms with E-state index in [1.807, 2.05) is 0 Å². The zero-order valence-electron chi connectivity index (χ0n) is 29.2. The molecule has 1 aromatic heterocycles. The Morgan fingerprint density at radius 2 is 1.78 bits per heavy atom. The molecule has 1 unspecified atom stereocenters. The van der Waals surface area contributed by atoms with Crippen LogP contribution < -0.4 is 15.0 Å². The first-order chi connectivity index (χ1) is 23.8. The van der Waals surface area contributed by atoms with Crippen molar-refractivity contribution in [2.45, 2.75) is 107 Å². The highest BCUT2D eigenvalue weighted by Crippen LogP contribution is 2.68. The molecule has 6 rings (SSSR count). The van der Waals surface area contributed by atoms with E-state index in [4.69, 9.17) is 9.47 Å². The Bertz CT molecular complexity index is 1640. The van der Waals surface area contributed by atoms with Crippen molar-refractivity contribution >= 4 is 21.7 Å². The summed E-state index contributed by atoms with van der Waals surface area (Å²) in [6, 6.07) is 7.28. The maximum atomic E-state index is 12.9. The lowest BCUT2D eigenvalue weighted by Crippen LogP contribution is -2.58. The number of carbonyl (C=O) groups excluding carboxylic acids is 2. The molecule has 0 bridgehead atoms. The molecular formula is C36H51N3O10S. The van der Waals surface area contributed by atoms with Crippen molar-refractivity contribution in [1.29, 1.82) is 0 Å². The van der Waals surface area contributed by atoms with E-state index in [9.17, 15) is 33.4 Å². The molecule has 50 heavy (non-hydrogen) atoms. The largest absolute Gasteiger partial charge is 0.461 e. The number of amides is 1. The number of aliphatic hydroxyl groups is 2. The summed E-state index contributed by atoms with van der Waals surface area (Å²) in [5.74, 6) is 0.923. The van der Waals surface area contributed by atoms with Crippen LogP contribution in [0.25, 0.3) is 0 Å². The van der Waals surface area contributed by atoms with E-state index in [0.29, 0.717) is 41.9 Å². The van der Waals surface area contributed by atoms with Crippen LogP contribution in [0.4, 0.5) is 0 Å². The summed E-state index contributed by atoms with van der Waals surface area (Å²) in [6.45, 7) is 6.16. The number of esters is 1. The van der Waals surface area contributed by atoms with Crippen LogP contribution in [-0.2, 0) is 24.2 Å². The predicted octanol–water partition coefficient (Wildman–Crippen LogP) is 3.59. The molecule has 0 radical (unpaired) electrons. The standard InChI is InChI=1S/C36H51N3O10S/c1-22(26-10-11-27-32-28(14-16-36(26,27)3)35(2)15-13-24(40)19-23(35)20-29(32)41)9-12-30(42)37-21-31(43)47-17-18-48-33-34(39(44)49-38-33)50(45,46)25-7-5-4-6-8-25/h4-8,22-24,26-29,32,40-41H,9-21H2,1-3H3,(H,37,42)/t22-,23+,24-,26-,27+,28+,29+,32?,35+,36-/m1/s1. The number of hydrogen-bond acceptors (Lipinski definition) is 11. The van der Waals surface area contributed by atoms with Crippen LogP contribution in [0.5, 0.6) is 5.88 Å². The Morgan fingerprint density at radius 3 is 2.54 bits per heavy atom. The van der Waals surface area contributed by atoms with Gasteiger partial charge in [0.25, 0.3) is 9.84 Å². The first-order valence-electron chi connectivity index (χ1n) is 18.1. The molecule has 14 heteroatoms. The maximum Gasteiger partial charge on any atom is 0.415 e. The highest BCUT2D eigenvalue weighted by Gasteiger charge is 2.62. The average molecular weight is 718 g/mol. The highest BCUT2D eigenvalue weighted by molar-refractivity contribution is 7.91. The number of fused-ring (bicyclic) bond motifs is 5. The van der Waals surface area contributed by atoms with E-state index in [0.717, 1.165) is 51.4 Å². The lowest BCUT2D eigenvalue weighted by Gasteiger charge is -2.62. The number of carbonyl (C=O) groups is 2. The fraction of sp³-hybridized carbons (Fsp3) is 0.722. The molecule has 2 aromatic rings. The van der Waals surface area contributed by atoms with Crippen molar-refractivity contribution in [2.75, 3.05) is 19.8 Å². The SMILES string of the molecule is C[C@H](CCC(=O)NCC(=O)OCCOc1no[n+]([O-])c1S(=O)(=O)c1ccccc1)[C@H]1CC[C@H]2C3[C@@H](O)C[C@@H]4C[C@H](O)CC[C@]4(C)[C@H]3CC[C@]12C. The number of ether oxygens (including phenoxy) is 2. The molecular weight excluding hydrogens is 666 g/mol. The second-order valence-corrected chi connectivity index (χ2v) is 17.5. The van der Waals surface area contributed by atoms with Crippen molar-refractivity contribution < 1.29 is 47.2 Å². The molecule has 10 atom stereocenters. The summed E-state index contributed by atoms with van der Waals surface area (Å²) in [4.78, 5) is 24.6. The number of benzene rings is 1. The van der Waals surface area contributed by atoms with Crippen molar-refractivity contribution in [3.63, 3.8) is 0 Å². The molecule has 0 aliphatic heterocycles. The van der Waals surface area contributed by atoms with Gasteiger partial charge in [0, 0.05) is 6.42 Å². The summed E-state index contributed by atoms with van der Waals surface area (Å²) >= 11 is 0. The van der Waals surface area contributed by atoms with Gasteiger partial charge in [-0.3, -0.25) is 14.2 Å². The molecule has 4 aliphatic carbocycles. The van der Waals surface area contributed by atoms with Crippen LogP contribution >= 0.6 is 0 Å². The number of aliphatic hydroxyl groups excluding tert-OH is 2. The number of sulfone groups is 1. The number of hydrogen-bond donors (Lipinski definition) is 3. The van der Waals surface area contributed by atoms with E-state index in [1.54, 1.807) is 6.07 Å². The van der Waals surface area contributed by atoms with Gasteiger partial charge in [-0.2, -0.15) is 0 Å². The fourth-order valence-corrected chi connectivity index (χ4v) is 11.9. The van der Waals surface area contributed by atoms with Crippen LogP contribution in [0, 0.1) is 51.5 Å². The topological polar surface area (TPSA) is 192 Å². The molecule has 1 aromatic carbocycles. The van der Waals surface area contributed by atoms with E-state index >= 15 is 0 Å². The van der Waals surface area contributed by atoms with Gasteiger partial charge in [-0.05, 0) is 121 Å². The third-order valence-electron chi connectivity index (χ3n) is 13.1. The van der Waals surface area contributed by atoms with Gasteiger partial charge in [0.15, 0.2) is 0 Å². The van der Waals surface area contributed by atoms with Crippen molar-refractivity contribution in [3.8, 4) is 5.88 Å². The summed E-state index contributed by atoms with van der Waals surface area (Å²) in [7, 11) is -4.27. The quantitative estimate of drug-likeness (QED) is 0.165. The minimum atomic E-state index is -4.27. The second kappa shape index (κ2) is 14.4. The van der Waals surface area contributed by atoms with E-state index in [2.05, 4.69) is 35.9 Å². The van der Waals surface area contributed by atoms with Gasteiger partial charge in [0.2, 0.25) is 5.91 Å². The fourth-order valence-electron chi connectivity index (χ4n) is 10.6. The van der Waals surface area contributed by atoms with Crippen LogP contribution in [0.1, 0.15) is 85.0 Å². The normalized spacial score (nSPS) is 34.1. The molecule has 1 amide bonds. The monoisotopic (exact) mass is 717 g/mol. The van der Waals surface area contributed by atoms with Crippen LogP contribution in [0.3, 0.4) is 0 Å². The van der Waals surface area contributed by atoms with Gasteiger partial charge in [-0.1, -0.05) is 39.0 Å². The second-order valence-electron chi connectivity index (χ2n) is 15.7. The molecule has 0 saturated heterocycles. The third-order valence-corrected chi connectivity index (χ3v) is 14.8. The predicted molar refractivity (Wildman–Crippen MR) is 178 cm³/mol. The Hall–Kier alpha value is -3.23. The third kappa shape index (κ3) is 6.87. The van der Waals surface area contributed by atoms with Gasteiger partial charge in [0.1, 0.15) is 19.8 Å². The number of nitrogens with one attached hydrogen (secondary N) is 1. The van der Waals surface area contributed by atoms with E-state index < -0.39 is 26.7 Å². The molecule has 4 saturated carbocycles. The molecule has 4 fully saturated rings. The summed E-state index contributed by atoms with van der Waals surface area (Å²) < 4.78 is 40.5. The van der Waals surface area contributed by atoms with Gasteiger partial charge < -0.3 is 30.2 Å². The summed E-state index contributed by atoms with van der Waals surface area (Å²) in [5.41, 5.74) is 0.307. The lowest BCUT2D eigenvalue weighted by molar-refractivity contribution is -0.832. The molecule has 4 aliphatic rings. The lowest BCUT2D eigenvalue weighted by atomic mass is 9.43. The van der Waals surface area contributed by atoms with Crippen LogP contribution in [0.2, 0.25) is 0 Å². The summed E-state index contributed by atoms with van der Waals surface area (Å²) in [6.07, 6.45) is 8.36. The first-order valence-corrected chi connectivity index (χ1v) is 19.5. The smallest absolute Gasteiger partial charge is 0.415 e. The molecule has 13 nitrogen and oxygen atoms in total. The minimum Gasteiger partial charge on any atom is -0.461 e. The van der Waals surface area contributed by atoms with Gasteiger partial charge in [-0.25, -0.2) is 8.42 Å². The van der Waals surface area contributed by atoms with E-state index in [-0.39, 0.29) is 64.9 Å². The van der Waals surface area contributed by atoms with Crippen molar-refractivity contribution in [3.05, 3.63) is 35.5 Å². The zero-order valence-corrected chi connectivity index (χ0v) is 30.0. The van der Waals surface area contributed by atoms with Gasteiger partial charge >= 0.3 is 16.9 Å². The van der Waals surface area contributed by atoms with Crippen molar-refractivity contribution in [1.82, 2.24) is 10.5 Å². The Labute approximate surface area is 293 Å². The van der Waals surface area contributed by atoms with Gasteiger partial charge in [0.05, 0.1) is 22.3 Å². The van der Waals surface area contributed by atoms with E-state index in [1.165, 1.54) is 24.3 Å². The molecule has 276 valence electrons. The number of rotatable bonds is 12. The maximum absolute atomic E-state index is 12.9. The molecule has 1 heterocycles. The first kappa shape index (κ1) is 36.6. The Kier molecular flexibility index (Phi) is 10.5. The minimum absolute atomic E-state index is 0.119. The Morgan fingerprint density at radius 1 is 1.06 bits per heavy atom. The van der Waals surface area contributed by atoms with Crippen molar-refractivity contribution in [2.24, 2.45) is 46.3 Å². The number of nitrogens with zero attached hydrogens (tertiary/aromatic N) is 2. The van der Waals surface area contributed by atoms with Crippen LogP contribution in [-0.4, -0.2) is 67.6 Å². The van der Waals surface area contributed by atoms with Gasteiger partial charge in [-0.15, -0.1) is 0 Å². The Balaban J connectivity index is 0.933. The molecule has 3 N–H and O–H groups in total. The number of aromatic nitrogens is 2. The average Bonchev–Trinajstić information content (AvgIpc) is 3.65. The zero-order chi connectivity index (χ0) is 35.8. The van der Waals surface area contributed by atoms with Crippen LogP contribution in [0.15, 0.2) is 44.9 Å².